The van der Waals surface area contributed by atoms with Crippen molar-refractivity contribution in [1.29, 1.82) is 0 Å². The number of amides is 1. The third kappa shape index (κ3) is 4.76. The second-order valence-corrected chi connectivity index (χ2v) is 7.01. The van der Waals surface area contributed by atoms with Crippen molar-refractivity contribution in [2.24, 2.45) is 0 Å². The van der Waals surface area contributed by atoms with E-state index in [1.165, 1.54) is 0 Å². The first kappa shape index (κ1) is 19.6. The van der Waals surface area contributed by atoms with Gasteiger partial charge in [0.25, 0.3) is 5.91 Å². The molecule has 0 aliphatic carbocycles. The van der Waals surface area contributed by atoms with Crippen LogP contribution in [0, 0.1) is 6.92 Å². The molecule has 146 valence electrons. The van der Waals surface area contributed by atoms with Crippen LogP contribution >= 0.6 is 0 Å². The molecule has 0 N–H and O–H groups in total. The van der Waals surface area contributed by atoms with Gasteiger partial charge in [0.1, 0.15) is 12.3 Å². The summed E-state index contributed by atoms with van der Waals surface area (Å²) in [5, 5.41) is 4.03. The molecule has 0 radical (unpaired) electrons. The van der Waals surface area contributed by atoms with Gasteiger partial charge in [-0.3, -0.25) is 4.79 Å². The van der Waals surface area contributed by atoms with E-state index in [0.29, 0.717) is 17.5 Å². The van der Waals surface area contributed by atoms with Crippen molar-refractivity contribution >= 4 is 5.91 Å². The Morgan fingerprint density at radius 2 is 1.86 bits per heavy atom. The summed E-state index contributed by atoms with van der Waals surface area (Å²) < 4.78 is 11.2. The van der Waals surface area contributed by atoms with E-state index in [9.17, 15) is 4.79 Å². The van der Waals surface area contributed by atoms with Gasteiger partial charge in [-0.15, -0.1) is 0 Å². The number of nitrogens with zero attached hydrogens (tertiary/aromatic N) is 3. The Morgan fingerprint density at radius 1 is 1.11 bits per heavy atom. The van der Waals surface area contributed by atoms with E-state index in [2.05, 4.69) is 10.1 Å². The number of rotatable bonds is 7. The standard InChI is InChI=1S/C22H25N3O3/c1-15(2)25(22(26)17(4)27-19-12-8-9-16(3)13-19)14-20-23-21(24-28-20)18-10-6-5-7-11-18/h5-13,15,17H,14H2,1-4H3/t17-/m0/s1. The molecule has 0 saturated heterocycles. The maximum Gasteiger partial charge on any atom is 0.264 e. The minimum atomic E-state index is -0.624. The van der Waals surface area contributed by atoms with Crippen LogP contribution < -0.4 is 4.74 Å². The number of hydrogen-bond donors (Lipinski definition) is 0. The lowest BCUT2D eigenvalue weighted by Gasteiger charge is -2.28. The zero-order valence-electron chi connectivity index (χ0n) is 16.6. The lowest BCUT2D eigenvalue weighted by molar-refractivity contribution is -0.140. The van der Waals surface area contributed by atoms with Gasteiger partial charge in [0, 0.05) is 11.6 Å². The van der Waals surface area contributed by atoms with Crippen LogP contribution in [0.25, 0.3) is 11.4 Å². The Bertz CT molecular complexity index is 922. The molecule has 0 aliphatic heterocycles. The average Bonchev–Trinajstić information content (AvgIpc) is 3.15. The molecule has 0 saturated carbocycles. The predicted molar refractivity (Wildman–Crippen MR) is 107 cm³/mol. The van der Waals surface area contributed by atoms with E-state index < -0.39 is 6.10 Å². The molecule has 1 amide bonds. The molecule has 0 aliphatic rings. The number of hydrogen-bond acceptors (Lipinski definition) is 5. The Hall–Kier alpha value is -3.15. The van der Waals surface area contributed by atoms with Crippen LogP contribution in [-0.4, -0.2) is 33.1 Å². The molecule has 1 heterocycles. The van der Waals surface area contributed by atoms with Crippen LogP contribution in [-0.2, 0) is 11.3 Å². The summed E-state index contributed by atoms with van der Waals surface area (Å²) >= 11 is 0. The topological polar surface area (TPSA) is 68.5 Å². The van der Waals surface area contributed by atoms with Crippen LogP contribution in [0.3, 0.4) is 0 Å². The summed E-state index contributed by atoms with van der Waals surface area (Å²) in [6, 6.07) is 17.2. The summed E-state index contributed by atoms with van der Waals surface area (Å²) in [6.45, 7) is 7.87. The van der Waals surface area contributed by atoms with Gasteiger partial charge in [0.05, 0.1) is 0 Å². The van der Waals surface area contributed by atoms with Gasteiger partial charge in [0.15, 0.2) is 6.10 Å². The van der Waals surface area contributed by atoms with Crippen LogP contribution in [0.2, 0.25) is 0 Å². The average molecular weight is 379 g/mol. The van der Waals surface area contributed by atoms with Crippen molar-refractivity contribution in [3.8, 4) is 17.1 Å². The molecule has 6 heteroatoms. The first-order valence-corrected chi connectivity index (χ1v) is 9.36. The number of ether oxygens (including phenoxy) is 1. The molecule has 1 atom stereocenters. The third-order valence-electron chi connectivity index (χ3n) is 4.36. The smallest absolute Gasteiger partial charge is 0.264 e. The minimum absolute atomic E-state index is 0.0388. The summed E-state index contributed by atoms with van der Waals surface area (Å²) in [5.74, 6) is 1.45. The predicted octanol–water partition coefficient (Wildman–Crippen LogP) is 4.25. The summed E-state index contributed by atoms with van der Waals surface area (Å²) in [4.78, 5) is 19.1. The molecule has 28 heavy (non-hydrogen) atoms. The Kier molecular flexibility index (Phi) is 6.09. The van der Waals surface area contributed by atoms with Crippen molar-refractivity contribution in [1.82, 2.24) is 15.0 Å². The van der Waals surface area contributed by atoms with E-state index >= 15 is 0 Å². The highest BCUT2D eigenvalue weighted by Crippen LogP contribution is 2.19. The lowest BCUT2D eigenvalue weighted by atomic mass is 10.2. The first-order chi connectivity index (χ1) is 13.4. The number of carbonyl (C=O) groups is 1. The molecule has 2 aromatic carbocycles. The fourth-order valence-electron chi connectivity index (χ4n) is 2.86. The van der Waals surface area contributed by atoms with Crippen molar-refractivity contribution in [2.45, 2.75) is 46.4 Å². The van der Waals surface area contributed by atoms with Crippen molar-refractivity contribution < 1.29 is 14.1 Å². The van der Waals surface area contributed by atoms with Gasteiger partial charge >= 0.3 is 0 Å². The lowest BCUT2D eigenvalue weighted by Crippen LogP contribution is -2.43. The van der Waals surface area contributed by atoms with Crippen molar-refractivity contribution in [2.75, 3.05) is 0 Å². The number of benzene rings is 2. The fourth-order valence-corrected chi connectivity index (χ4v) is 2.86. The summed E-state index contributed by atoms with van der Waals surface area (Å²) in [5.41, 5.74) is 1.95. The maximum atomic E-state index is 13.0. The third-order valence-corrected chi connectivity index (χ3v) is 4.36. The van der Waals surface area contributed by atoms with Gasteiger partial charge in [0.2, 0.25) is 11.7 Å². The van der Waals surface area contributed by atoms with Crippen LogP contribution in [0.15, 0.2) is 59.1 Å². The molecule has 1 aromatic heterocycles. The maximum absolute atomic E-state index is 13.0. The van der Waals surface area contributed by atoms with E-state index in [1.807, 2.05) is 75.4 Å². The highest BCUT2D eigenvalue weighted by atomic mass is 16.5. The first-order valence-electron chi connectivity index (χ1n) is 9.36. The second-order valence-electron chi connectivity index (χ2n) is 7.01. The van der Waals surface area contributed by atoms with Gasteiger partial charge in [-0.1, -0.05) is 47.6 Å². The van der Waals surface area contributed by atoms with Crippen molar-refractivity contribution in [3.05, 3.63) is 66.1 Å². The summed E-state index contributed by atoms with van der Waals surface area (Å²) in [6.07, 6.45) is -0.624. The summed E-state index contributed by atoms with van der Waals surface area (Å²) in [7, 11) is 0. The molecular weight excluding hydrogens is 354 g/mol. The molecule has 3 rings (SSSR count). The van der Waals surface area contributed by atoms with Gasteiger partial charge < -0.3 is 14.2 Å². The molecule has 0 fully saturated rings. The number of carbonyl (C=O) groups excluding carboxylic acids is 1. The van der Waals surface area contributed by atoms with Gasteiger partial charge in [-0.05, 0) is 45.4 Å². The highest BCUT2D eigenvalue weighted by molar-refractivity contribution is 5.81. The van der Waals surface area contributed by atoms with Crippen LogP contribution in [0.1, 0.15) is 32.2 Å². The normalized spacial score (nSPS) is 12.0. The van der Waals surface area contributed by atoms with E-state index in [-0.39, 0.29) is 18.5 Å². The number of aromatic nitrogens is 2. The Morgan fingerprint density at radius 3 is 2.54 bits per heavy atom. The molecule has 0 spiro atoms. The van der Waals surface area contributed by atoms with E-state index in [0.717, 1.165) is 11.1 Å². The quantitative estimate of drug-likeness (QED) is 0.614. The SMILES string of the molecule is Cc1cccc(O[C@@H](C)C(=O)N(Cc2nc(-c3ccccc3)no2)C(C)C)c1. The van der Waals surface area contributed by atoms with Gasteiger partial charge in [-0.25, -0.2) is 0 Å². The molecular formula is C22H25N3O3. The van der Waals surface area contributed by atoms with E-state index in [1.54, 1.807) is 11.8 Å². The molecule has 6 nitrogen and oxygen atoms in total. The zero-order chi connectivity index (χ0) is 20.1. The van der Waals surface area contributed by atoms with Crippen LogP contribution in [0.5, 0.6) is 5.75 Å². The zero-order valence-corrected chi connectivity index (χ0v) is 16.6. The minimum Gasteiger partial charge on any atom is -0.481 e. The fraction of sp³-hybridized carbons (Fsp3) is 0.318. The van der Waals surface area contributed by atoms with Gasteiger partial charge in [-0.2, -0.15) is 4.98 Å². The second kappa shape index (κ2) is 8.69. The monoisotopic (exact) mass is 379 g/mol. The molecule has 0 unspecified atom stereocenters. The molecule has 3 aromatic rings. The van der Waals surface area contributed by atoms with E-state index in [4.69, 9.17) is 9.26 Å². The largest absolute Gasteiger partial charge is 0.481 e. The van der Waals surface area contributed by atoms with Crippen LogP contribution in [0.4, 0.5) is 0 Å². The Balaban J connectivity index is 1.71. The Labute approximate surface area is 165 Å². The van der Waals surface area contributed by atoms with Crippen molar-refractivity contribution in [3.63, 3.8) is 0 Å². The highest BCUT2D eigenvalue weighted by Gasteiger charge is 2.26. The number of aryl methyl sites for hydroxylation is 1. The molecule has 0 bridgehead atoms.